The minimum atomic E-state index is -0.815. The number of rotatable bonds is 5. The number of carbonyl (C=O) groups is 2. The van der Waals surface area contributed by atoms with E-state index in [9.17, 15) is 9.59 Å². The highest BCUT2D eigenvalue weighted by Crippen LogP contribution is 2.26. The van der Waals surface area contributed by atoms with E-state index in [1.54, 1.807) is 19.2 Å². The van der Waals surface area contributed by atoms with Gasteiger partial charge in [-0.25, -0.2) is 0 Å². The van der Waals surface area contributed by atoms with Gasteiger partial charge in [-0.05, 0) is 37.8 Å². The Hall–Kier alpha value is -2.04. The van der Waals surface area contributed by atoms with Crippen molar-refractivity contribution in [1.29, 1.82) is 0 Å². The van der Waals surface area contributed by atoms with Gasteiger partial charge < -0.3 is 14.7 Å². The second kappa shape index (κ2) is 7.11. The zero-order valence-electron chi connectivity index (χ0n) is 12.2. The Morgan fingerprint density at radius 3 is 2.81 bits per heavy atom. The number of benzene rings is 1. The molecule has 0 aromatic heterocycles. The molecule has 114 valence electrons. The number of hydrogen-bond acceptors (Lipinski definition) is 3. The third kappa shape index (κ3) is 3.74. The fourth-order valence-electron chi connectivity index (χ4n) is 2.83. The van der Waals surface area contributed by atoms with Crippen molar-refractivity contribution < 1.29 is 19.4 Å². The summed E-state index contributed by atoms with van der Waals surface area (Å²) in [5.41, 5.74) is 0.544. The van der Waals surface area contributed by atoms with Crippen LogP contribution in [0.4, 0.5) is 0 Å². The molecule has 0 aliphatic carbocycles. The molecule has 0 saturated carbocycles. The smallest absolute Gasteiger partial charge is 0.303 e. The fraction of sp³-hybridized carbons (Fsp3) is 0.500. The monoisotopic (exact) mass is 291 g/mol. The van der Waals surface area contributed by atoms with Crippen molar-refractivity contribution in [2.75, 3.05) is 13.7 Å². The number of carboxylic acids is 1. The molecule has 1 heterocycles. The standard InChI is InChI=1S/C16H21NO4/c1-21-14-8-3-2-7-13(14)16(20)17-11-5-4-6-12(17)9-10-15(18)19/h2-3,7-8,12H,4-6,9-11H2,1H3,(H,18,19)/t12-/m1/s1. The van der Waals surface area contributed by atoms with Crippen molar-refractivity contribution in [1.82, 2.24) is 4.90 Å². The molecule has 1 fully saturated rings. The molecule has 2 rings (SSSR count). The number of carbonyl (C=O) groups excluding carboxylic acids is 1. The highest BCUT2D eigenvalue weighted by molar-refractivity contribution is 5.97. The second-order valence-electron chi connectivity index (χ2n) is 5.28. The average molecular weight is 291 g/mol. The van der Waals surface area contributed by atoms with Gasteiger partial charge in [0.2, 0.25) is 0 Å². The Labute approximate surface area is 124 Å². The number of nitrogens with zero attached hydrogens (tertiary/aromatic N) is 1. The summed E-state index contributed by atoms with van der Waals surface area (Å²) >= 11 is 0. The first-order chi connectivity index (χ1) is 10.1. The Balaban J connectivity index is 2.16. The van der Waals surface area contributed by atoms with E-state index < -0.39 is 5.97 Å². The topological polar surface area (TPSA) is 66.8 Å². The first kappa shape index (κ1) is 15.4. The van der Waals surface area contributed by atoms with Crippen LogP contribution in [0.2, 0.25) is 0 Å². The molecule has 0 unspecified atom stereocenters. The molecule has 1 amide bonds. The second-order valence-corrected chi connectivity index (χ2v) is 5.28. The van der Waals surface area contributed by atoms with E-state index in [4.69, 9.17) is 9.84 Å². The number of carboxylic acid groups (broad SMARTS) is 1. The van der Waals surface area contributed by atoms with Gasteiger partial charge in [0.05, 0.1) is 12.7 Å². The van der Waals surface area contributed by atoms with Crippen molar-refractivity contribution in [3.05, 3.63) is 29.8 Å². The lowest BCUT2D eigenvalue weighted by molar-refractivity contribution is -0.137. The molecule has 0 radical (unpaired) electrons. The van der Waals surface area contributed by atoms with Crippen molar-refractivity contribution in [2.24, 2.45) is 0 Å². The Morgan fingerprint density at radius 1 is 1.33 bits per heavy atom. The van der Waals surface area contributed by atoms with E-state index in [0.717, 1.165) is 19.3 Å². The lowest BCUT2D eigenvalue weighted by Gasteiger charge is -2.36. The summed E-state index contributed by atoms with van der Waals surface area (Å²) in [6.45, 7) is 0.682. The maximum absolute atomic E-state index is 12.7. The number of hydrogen-bond donors (Lipinski definition) is 1. The summed E-state index contributed by atoms with van der Waals surface area (Å²) in [4.78, 5) is 25.3. The van der Waals surface area contributed by atoms with Gasteiger partial charge in [-0.1, -0.05) is 12.1 Å². The maximum atomic E-state index is 12.7. The molecule has 1 saturated heterocycles. The summed E-state index contributed by atoms with van der Waals surface area (Å²) in [6, 6.07) is 7.17. The molecular weight excluding hydrogens is 270 g/mol. The Kier molecular flexibility index (Phi) is 5.20. The molecule has 1 atom stereocenters. The van der Waals surface area contributed by atoms with Crippen molar-refractivity contribution in [3.8, 4) is 5.75 Å². The van der Waals surface area contributed by atoms with Gasteiger partial charge in [0.15, 0.2) is 0 Å². The molecule has 1 aliphatic rings. The molecule has 1 aliphatic heterocycles. The van der Waals surface area contributed by atoms with Gasteiger partial charge in [0, 0.05) is 19.0 Å². The third-order valence-electron chi connectivity index (χ3n) is 3.92. The highest BCUT2D eigenvalue weighted by atomic mass is 16.5. The number of aliphatic carboxylic acids is 1. The molecule has 1 N–H and O–H groups in total. The van der Waals surface area contributed by atoms with E-state index >= 15 is 0 Å². The van der Waals surface area contributed by atoms with Gasteiger partial charge >= 0.3 is 5.97 Å². The predicted octanol–water partition coefficient (Wildman–Crippen LogP) is 2.55. The van der Waals surface area contributed by atoms with Crippen LogP contribution in [-0.2, 0) is 4.79 Å². The fourth-order valence-corrected chi connectivity index (χ4v) is 2.83. The summed E-state index contributed by atoms with van der Waals surface area (Å²) in [5, 5.41) is 8.84. The minimum absolute atomic E-state index is 0.00672. The van der Waals surface area contributed by atoms with E-state index in [2.05, 4.69) is 0 Å². The number of methoxy groups -OCH3 is 1. The zero-order valence-corrected chi connectivity index (χ0v) is 12.2. The largest absolute Gasteiger partial charge is 0.496 e. The van der Waals surface area contributed by atoms with Crippen LogP contribution in [0.15, 0.2) is 24.3 Å². The van der Waals surface area contributed by atoms with Gasteiger partial charge in [0.25, 0.3) is 5.91 Å². The molecule has 0 spiro atoms. The quantitative estimate of drug-likeness (QED) is 0.905. The van der Waals surface area contributed by atoms with Gasteiger partial charge in [0.1, 0.15) is 5.75 Å². The molecule has 0 bridgehead atoms. The van der Waals surface area contributed by atoms with Crippen LogP contribution < -0.4 is 4.74 Å². The number of para-hydroxylation sites is 1. The van der Waals surface area contributed by atoms with Crippen molar-refractivity contribution >= 4 is 11.9 Å². The van der Waals surface area contributed by atoms with Crippen LogP contribution in [0.1, 0.15) is 42.5 Å². The molecule has 21 heavy (non-hydrogen) atoms. The average Bonchev–Trinajstić information content (AvgIpc) is 2.52. The number of likely N-dealkylation sites (tertiary alicyclic amines) is 1. The summed E-state index contributed by atoms with van der Waals surface area (Å²) < 4.78 is 5.25. The van der Waals surface area contributed by atoms with Crippen LogP contribution in [0.3, 0.4) is 0 Å². The Morgan fingerprint density at radius 2 is 2.10 bits per heavy atom. The molecular formula is C16H21NO4. The van der Waals surface area contributed by atoms with Crippen molar-refractivity contribution in [2.45, 2.75) is 38.1 Å². The molecule has 1 aromatic rings. The maximum Gasteiger partial charge on any atom is 0.303 e. The summed E-state index contributed by atoms with van der Waals surface area (Å²) in [5.74, 6) is -0.321. The van der Waals surface area contributed by atoms with Crippen LogP contribution in [-0.4, -0.2) is 41.6 Å². The molecule has 5 nitrogen and oxygen atoms in total. The number of piperidine rings is 1. The Bertz CT molecular complexity index is 515. The zero-order chi connectivity index (χ0) is 15.2. The van der Waals surface area contributed by atoms with Gasteiger partial charge in [-0.3, -0.25) is 9.59 Å². The lowest BCUT2D eigenvalue weighted by atomic mass is 9.96. The first-order valence-corrected chi connectivity index (χ1v) is 7.29. The van der Waals surface area contributed by atoms with Crippen molar-refractivity contribution in [3.63, 3.8) is 0 Å². The van der Waals surface area contributed by atoms with Crippen LogP contribution in [0, 0.1) is 0 Å². The van der Waals surface area contributed by atoms with Crippen LogP contribution in [0.5, 0.6) is 5.75 Å². The lowest BCUT2D eigenvalue weighted by Crippen LogP contribution is -2.44. The number of ether oxygens (including phenoxy) is 1. The minimum Gasteiger partial charge on any atom is -0.496 e. The van der Waals surface area contributed by atoms with Crippen LogP contribution in [0.25, 0.3) is 0 Å². The normalized spacial score (nSPS) is 18.3. The summed E-state index contributed by atoms with van der Waals surface area (Å²) in [7, 11) is 1.55. The first-order valence-electron chi connectivity index (χ1n) is 7.29. The van der Waals surface area contributed by atoms with E-state index in [1.807, 2.05) is 17.0 Å². The van der Waals surface area contributed by atoms with Gasteiger partial charge in [-0.2, -0.15) is 0 Å². The van der Waals surface area contributed by atoms with Gasteiger partial charge in [-0.15, -0.1) is 0 Å². The summed E-state index contributed by atoms with van der Waals surface area (Å²) in [6.07, 6.45) is 3.48. The SMILES string of the molecule is COc1ccccc1C(=O)N1CCCC[C@@H]1CCC(=O)O. The van der Waals surface area contributed by atoms with E-state index in [0.29, 0.717) is 24.3 Å². The highest BCUT2D eigenvalue weighted by Gasteiger charge is 2.29. The predicted molar refractivity (Wildman–Crippen MR) is 78.5 cm³/mol. The van der Waals surface area contributed by atoms with E-state index in [1.165, 1.54) is 0 Å². The third-order valence-corrected chi connectivity index (χ3v) is 3.92. The van der Waals surface area contributed by atoms with Crippen LogP contribution >= 0.6 is 0 Å². The molecule has 1 aromatic carbocycles. The van der Waals surface area contributed by atoms with E-state index in [-0.39, 0.29) is 18.4 Å². The number of amides is 1. The molecule has 5 heteroatoms.